The third kappa shape index (κ3) is 3.88. The molecule has 0 fully saturated rings. The molecule has 0 radical (unpaired) electrons. The zero-order valence-corrected chi connectivity index (χ0v) is 12.7. The van der Waals surface area contributed by atoms with Crippen molar-refractivity contribution >= 4 is 15.7 Å². The Hall–Kier alpha value is -2.39. The number of nitrogens with one attached hydrogen (secondary N) is 1. The standard InChI is InChI=1S/C14H12F2N2O4S/c1-9(10-2-7-13(15)14(16)8-10)17-23(21,22)12-5-3-11(4-6-12)18(19)20/h2-9,17H,1H3. The highest BCUT2D eigenvalue weighted by Gasteiger charge is 2.20. The minimum absolute atomic E-state index is 0.169. The molecule has 0 heterocycles. The molecule has 0 bridgehead atoms. The van der Waals surface area contributed by atoms with E-state index in [2.05, 4.69) is 4.72 Å². The summed E-state index contributed by atoms with van der Waals surface area (Å²) in [5, 5.41) is 10.6. The number of nitrogens with zero attached hydrogens (tertiary/aromatic N) is 1. The lowest BCUT2D eigenvalue weighted by Gasteiger charge is -2.15. The lowest BCUT2D eigenvalue weighted by atomic mass is 10.1. The summed E-state index contributed by atoms with van der Waals surface area (Å²) >= 11 is 0. The Morgan fingerprint density at radius 2 is 1.70 bits per heavy atom. The topological polar surface area (TPSA) is 89.3 Å². The van der Waals surface area contributed by atoms with Crippen LogP contribution in [0.4, 0.5) is 14.5 Å². The molecule has 122 valence electrons. The minimum atomic E-state index is -3.96. The van der Waals surface area contributed by atoms with Crippen molar-refractivity contribution in [2.45, 2.75) is 17.9 Å². The third-order valence-corrected chi connectivity index (χ3v) is 4.69. The number of benzene rings is 2. The van der Waals surface area contributed by atoms with E-state index >= 15 is 0 Å². The van der Waals surface area contributed by atoms with E-state index in [0.29, 0.717) is 0 Å². The Bertz CT molecular complexity index is 838. The summed E-state index contributed by atoms with van der Waals surface area (Å²) in [5.41, 5.74) is 0.00647. The van der Waals surface area contributed by atoms with Crippen LogP contribution in [0.2, 0.25) is 0 Å². The summed E-state index contributed by atoms with van der Waals surface area (Å²) in [5.74, 6) is -2.11. The number of non-ortho nitro benzene ring substituents is 1. The van der Waals surface area contributed by atoms with Gasteiger partial charge < -0.3 is 0 Å². The highest BCUT2D eigenvalue weighted by molar-refractivity contribution is 7.89. The van der Waals surface area contributed by atoms with Gasteiger partial charge in [-0.1, -0.05) is 6.07 Å². The fourth-order valence-corrected chi connectivity index (χ4v) is 3.13. The normalized spacial score (nSPS) is 12.8. The van der Waals surface area contributed by atoms with Crippen molar-refractivity contribution in [1.82, 2.24) is 4.72 Å². The van der Waals surface area contributed by atoms with Crippen molar-refractivity contribution in [2.24, 2.45) is 0 Å². The monoisotopic (exact) mass is 342 g/mol. The van der Waals surface area contributed by atoms with Crippen LogP contribution >= 0.6 is 0 Å². The molecule has 1 unspecified atom stereocenters. The van der Waals surface area contributed by atoms with Crippen LogP contribution in [0.3, 0.4) is 0 Å². The largest absolute Gasteiger partial charge is 0.269 e. The molecule has 9 heteroatoms. The number of sulfonamides is 1. The van der Waals surface area contributed by atoms with Gasteiger partial charge in [0, 0.05) is 18.2 Å². The Kier molecular flexibility index (Phi) is 4.71. The van der Waals surface area contributed by atoms with Gasteiger partial charge in [-0.05, 0) is 36.8 Å². The van der Waals surface area contributed by atoms with Crippen molar-refractivity contribution in [3.8, 4) is 0 Å². The molecule has 2 aromatic rings. The molecule has 0 aliphatic rings. The smallest absolute Gasteiger partial charge is 0.258 e. The first kappa shape index (κ1) is 17.0. The molecule has 0 aliphatic heterocycles. The summed E-state index contributed by atoms with van der Waals surface area (Å²) in [6, 6.07) is 6.58. The highest BCUT2D eigenvalue weighted by Crippen LogP contribution is 2.20. The quantitative estimate of drug-likeness (QED) is 0.668. The Balaban J connectivity index is 2.22. The number of rotatable bonds is 5. The van der Waals surface area contributed by atoms with E-state index < -0.39 is 32.6 Å². The number of nitro benzene ring substituents is 1. The van der Waals surface area contributed by atoms with Crippen LogP contribution in [0.5, 0.6) is 0 Å². The van der Waals surface area contributed by atoms with Crippen LogP contribution in [0.1, 0.15) is 18.5 Å². The Morgan fingerprint density at radius 3 is 2.22 bits per heavy atom. The molecule has 2 rings (SSSR count). The van der Waals surface area contributed by atoms with E-state index in [1.165, 1.54) is 13.0 Å². The van der Waals surface area contributed by atoms with Crippen LogP contribution in [-0.4, -0.2) is 13.3 Å². The zero-order valence-electron chi connectivity index (χ0n) is 11.9. The Labute approximate surface area is 131 Å². The average Bonchev–Trinajstić information content (AvgIpc) is 2.49. The SMILES string of the molecule is CC(NS(=O)(=O)c1ccc([N+](=O)[O-])cc1)c1ccc(F)c(F)c1. The van der Waals surface area contributed by atoms with Gasteiger partial charge in [-0.15, -0.1) is 0 Å². The molecule has 0 saturated carbocycles. The fraction of sp³-hybridized carbons (Fsp3) is 0.143. The van der Waals surface area contributed by atoms with Gasteiger partial charge in [0.1, 0.15) is 0 Å². The van der Waals surface area contributed by atoms with Crippen LogP contribution in [0.15, 0.2) is 47.4 Å². The number of hydrogen-bond donors (Lipinski definition) is 1. The fourth-order valence-electron chi connectivity index (χ4n) is 1.90. The second kappa shape index (κ2) is 6.39. The number of hydrogen-bond acceptors (Lipinski definition) is 4. The van der Waals surface area contributed by atoms with Crippen LogP contribution in [-0.2, 0) is 10.0 Å². The first-order chi connectivity index (χ1) is 10.7. The summed E-state index contributed by atoms with van der Waals surface area (Å²) in [7, 11) is -3.96. The molecule has 1 N–H and O–H groups in total. The summed E-state index contributed by atoms with van der Waals surface area (Å²) in [6.07, 6.45) is 0. The van der Waals surface area contributed by atoms with Gasteiger partial charge >= 0.3 is 0 Å². The first-order valence-electron chi connectivity index (χ1n) is 6.42. The molecule has 0 saturated heterocycles. The first-order valence-corrected chi connectivity index (χ1v) is 7.91. The predicted octanol–water partition coefficient (Wildman–Crippen LogP) is 2.91. The number of nitro groups is 1. The molecule has 6 nitrogen and oxygen atoms in total. The van der Waals surface area contributed by atoms with Gasteiger partial charge in [0.25, 0.3) is 5.69 Å². The third-order valence-electron chi connectivity index (χ3n) is 3.13. The summed E-state index contributed by atoms with van der Waals surface area (Å²) < 4.78 is 52.8. The van der Waals surface area contributed by atoms with E-state index in [1.807, 2.05) is 0 Å². The van der Waals surface area contributed by atoms with E-state index in [1.54, 1.807) is 0 Å². The van der Waals surface area contributed by atoms with E-state index in [-0.39, 0.29) is 16.1 Å². The minimum Gasteiger partial charge on any atom is -0.258 e. The summed E-state index contributed by atoms with van der Waals surface area (Å²) in [6.45, 7) is 1.47. The maximum Gasteiger partial charge on any atom is 0.269 e. The molecular weight excluding hydrogens is 330 g/mol. The van der Waals surface area contributed by atoms with Crippen molar-refractivity contribution < 1.29 is 22.1 Å². The number of halogens is 2. The van der Waals surface area contributed by atoms with Crippen molar-refractivity contribution in [3.63, 3.8) is 0 Å². The van der Waals surface area contributed by atoms with Crippen LogP contribution in [0.25, 0.3) is 0 Å². The van der Waals surface area contributed by atoms with Crippen molar-refractivity contribution in [3.05, 3.63) is 69.8 Å². The summed E-state index contributed by atoms with van der Waals surface area (Å²) in [4.78, 5) is 9.74. The molecule has 1 atom stereocenters. The molecule has 0 aromatic heterocycles. The van der Waals surface area contributed by atoms with Gasteiger partial charge in [0.2, 0.25) is 10.0 Å². The Morgan fingerprint density at radius 1 is 1.09 bits per heavy atom. The predicted molar refractivity (Wildman–Crippen MR) is 78.2 cm³/mol. The highest BCUT2D eigenvalue weighted by atomic mass is 32.2. The second-order valence-corrected chi connectivity index (χ2v) is 6.48. The van der Waals surface area contributed by atoms with Gasteiger partial charge in [0.05, 0.1) is 9.82 Å². The molecule has 0 aliphatic carbocycles. The van der Waals surface area contributed by atoms with Crippen molar-refractivity contribution in [1.29, 1.82) is 0 Å². The van der Waals surface area contributed by atoms with Gasteiger partial charge in [0.15, 0.2) is 11.6 Å². The van der Waals surface area contributed by atoms with E-state index in [9.17, 15) is 27.3 Å². The maximum absolute atomic E-state index is 13.2. The lowest BCUT2D eigenvalue weighted by Crippen LogP contribution is -2.27. The molecule has 0 spiro atoms. The van der Waals surface area contributed by atoms with Crippen LogP contribution < -0.4 is 4.72 Å². The van der Waals surface area contributed by atoms with Crippen LogP contribution in [0, 0.1) is 21.7 Å². The molecule has 0 amide bonds. The van der Waals surface area contributed by atoms with Crippen molar-refractivity contribution in [2.75, 3.05) is 0 Å². The molecule has 23 heavy (non-hydrogen) atoms. The van der Waals surface area contributed by atoms with Gasteiger partial charge in [-0.2, -0.15) is 0 Å². The van der Waals surface area contributed by atoms with Gasteiger partial charge in [-0.3, -0.25) is 10.1 Å². The molecule has 2 aromatic carbocycles. The second-order valence-electron chi connectivity index (χ2n) is 4.77. The maximum atomic E-state index is 13.2. The lowest BCUT2D eigenvalue weighted by molar-refractivity contribution is -0.384. The van der Waals surface area contributed by atoms with E-state index in [0.717, 1.165) is 36.4 Å². The zero-order chi connectivity index (χ0) is 17.2. The van der Waals surface area contributed by atoms with Gasteiger partial charge in [-0.25, -0.2) is 21.9 Å². The molecular formula is C14H12F2N2O4S. The van der Waals surface area contributed by atoms with E-state index in [4.69, 9.17) is 0 Å². The average molecular weight is 342 g/mol.